The molecule has 3 nitrogen and oxygen atoms in total. The summed E-state index contributed by atoms with van der Waals surface area (Å²) in [6, 6.07) is 8.56. The van der Waals surface area contributed by atoms with E-state index >= 15 is 0 Å². The molecule has 1 unspecified atom stereocenters. The first-order valence-electron chi connectivity index (χ1n) is 6.63. The number of rotatable bonds is 8. The van der Waals surface area contributed by atoms with Crippen molar-refractivity contribution >= 4 is 0 Å². The Morgan fingerprint density at radius 2 is 2.06 bits per heavy atom. The van der Waals surface area contributed by atoms with Gasteiger partial charge in [-0.15, -0.1) is 0 Å². The fourth-order valence-electron chi connectivity index (χ4n) is 1.87. The maximum absolute atomic E-state index is 5.69. The Bertz CT molecular complexity index is 339. The van der Waals surface area contributed by atoms with Gasteiger partial charge in [0, 0.05) is 6.04 Å². The number of ether oxygens (including phenoxy) is 2. The Morgan fingerprint density at radius 1 is 1.28 bits per heavy atom. The number of hydrogen-bond acceptors (Lipinski definition) is 3. The van der Waals surface area contributed by atoms with E-state index in [2.05, 4.69) is 38.2 Å². The second-order valence-electron chi connectivity index (χ2n) is 4.69. The summed E-state index contributed by atoms with van der Waals surface area (Å²) in [5.41, 5.74) is 1.27. The summed E-state index contributed by atoms with van der Waals surface area (Å²) in [5.74, 6) is 0.910. The van der Waals surface area contributed by atoms with Gasteiger partial charge in [-0.25, -0.2) is 0 Å². The van der Waals surface area contributed by atoms with Gasteiger partial charge in [0.25, 0.3) is 0 Å². The molecule has 0 fully saturated rings. The Morgan fingerprint density at radius 3 is 2.67 bits per heavy atom. The molecule has 18 heavy (non-hydrogen) atoms. The summed E-state index contributed by atoms with van der Waals surface area (Å²) in [6.45, 7) is 7.94. The van der Waals surface area contributed by atoms with Crippen molar-refractivity contribution in [1.82, 2.24) is 5.32 Å². The Balaban J connectivity index is 2.57. The van der Waals surface area contributed by atoms with Crippen molar-refractivity contribution in [3.05, 3.63) is 29.8 Å². The van der Waals surface area contributed by atoms with Gasteiger partial charge in [0.1, 0.15) is 5.75 Å². The Kier molecular flexibility index (Phi) is 6.76. The average Bonchev–Trinajstić information content (AvgIpc) is 2.36. The first-order chi connectivity index (χ1) is 8.65. The van der Waals surface area contributed by atoms with Gasteiger partial charge in [0.15, 0.2) is 0 Å². The molecule has 1 aromatic carbocycles. The molecule has 0 bridgehead atoms. The van der Waals surface area contributed by atoms with E-state index in [-0.39, 0.29) is 6.10 Å². The molecule has 102 valence electrons. The van der Waals surface area contributed by atoms with Crippen molar-refractivity contribution in [2.45, 2.75) is 39.3 Å². The largest absolute Gasteiger partial charge is 0.497 e. The van der Waals surface area contributed by atoms with Crippen LogP contribution in [0.15, 0.2) is 24.3 Å². The molecule has 1 N–H and O–H groups in total. The minimum atomic E-state index is 0.275. The van der Waals surface area contributed by atoms with E-state index < -0.39 is 0 Å². The van der Waals surface area contributed by atoms with Crippen LogP contribution in [0.4, 0.5) is 0 Å². The SMILES string of the molecule is CCNC(COC(C)C)Cc1cccc(OC)c1. The number of methoxy groups -OCH3 is 1. The van der Waals surface area contributed by atoms with Gasteiger partial charge in [-0.05, 0) is 44.5 Å². The molecule has 0 amide bonds. The van der Waals surface area contributed by atoms with E-state index in [0.29, 0.717) is 6.04 Å². The maximum Gasteiger partial charge on any atom is 0.119 e. The van der Waals surface area contributed by atoms with Crippen LogP contribution in [0.3, 0.4) is 0 Å². The van der Waals surface area contributed by atoms with E-state index in [1.54, 1.807) is 7.11 Å². The molecule has 0 aromatic heterocycles. The number of hydrogen-bond donors (Lipinski definition) is 1. The lowest BCUT2D eigenvalue weighted by atomic mass is 10.1. The topological polar surface area (TPSA) is 30.5 Å². The third kappa shape index (κ3) is 5.52. The zero-order chi connectivity index (χ0) is 13.4. The highest BCUT2D eigenvalue weighted by Crippen LogP contribution is 2.14. The average molecular weight is 251 g/mol. The van der Waals surface area contributed by atoms with E-state index in [1.165, 1.54) is 5.56 Å². The van der Waals surface area contributed by atoms with Gasteiger partial charge in [0.2, 0.25) is 0 Å². The molecule has 0 aliphatic carbocycles. The van der Waals surface area contributed by atoms with Gasteiger partial charge in [0.05, 0.1) is 19.8 Å². The first-order valence-corrected chi connectivity index (χ1v) is 6.63. The lowest BCUT2D eigenvalue weighted by Gasteiger charge is -2.19. The lowest BCUT2D eigenvalue weighted by molar-refractivity contribution is 0.0616. The highest BCUT2D eigenvalue weighted by molar-refractivity contribution is 5.28. The summed E-state index contributed by atoms with van der Waals surface area (Å²) >= 11 is 0. The molecule has 3 heteroatoms. The van der Waals surface area contributed by atoms with Crippen LogP contribution < -0.4 is 10.1 Å². The monoisotopic (exact) mass is 251 g/mol. The van der Waals surface area contributed by atoms with E-state index in [0.717, 1.165) is 25.3 Å². The van der Waals surface area contributed by atoms with Gasteiger partial charge >= 0.3 is 0 Å². The summed E-state index contributed by atoms with van der Waals surface area (Å²) in [5, 5.41) is 3.46. The predicted molar refractivity (Wildman–Crippen MR) is 75.3 cm³/mol. The second-order valence-corrected chi connectivity index (χ2v) is 4.69. The molecule has 1 rings (SSSR count). The molecular weight excluding hydrogens is 226 g/mol. The van der Waals surface area contributed by atoms with Crippen LogP contribution >= 0.6 is 0 Å². The minimum absolute atomic E-state index is 0.275. The number of likely N-dealkylation sites (N-methyl/N-ethyl adjacent to an activating group) is 1. The van der Waals surface area contributed by atoms with Crippen LogP contribution in [-0.4, -0.2) is 32.4 Å². The Labute approximate surface area is 110 Å². The first kappa shape index (κ1) is 15.0. The standard InChI is InChI=1S/C15H25NO2/c1-5-16-14(11-18-12(2)3)9-13-7-6-8-15(10-13)17-4/h6-8,10,12,14,16H,5,9,11H2,1-4H3. The fraction of sp³-hybridized carbons (Fsp3) is 0.600. The van der Waals surface area contributed by atoms with Gasteiger partial charge in [-0.2, -0.15) is 0 Å². The predicted octanol–water partition coefficient (Wildman–Crippen LogP) is 2.64. The van der Waals surface area contributed by atoms with Crippen LogP contribution in [0, 0.1) is 0 Å². The molecule has 0 aliphatic rings. The van der Waals surface area contributed by atoms with Crippen molar-refractivity contribution in [2.24, 2.45) is 0 Å². The quantitative estimate of drug-likeness (QED) is 0.770. The zero-order valence-corrected chi connectivity index (χ0v) is 11.9. The lowest BCUT2D eigenvalue weighted by Crippen LogP contribution is -2.36. The smallest absolute Gasteiger partial charge is 0.119 e. The highest BCUT2D eigenvalue weighted by atomic mass is 16.5. The third-order valence-electron chi connectivity index (χ3n) is 2.74. The summed E-state index contributed by atoms with van der Waals surface area (Å²) < 4.78 is 10.9. The van der Waals surface area contributed by atoms with Crippen LogP contribution in [0.1, 0.15) is 26.3 Å². The summed E-state index contributed by atoms with van der Waals surface area (Å²) in [7, 11) is 1.70. The number of nitrogens with one attached hydrogen (secondary N) is 1. The van der Waals surface area contributed by atoms with Crippen molar-refractivity contribution < 1.29 is 9.47 Å². The molecule has 0 saturated heterocycles. The van der Waals surface area contributed by atoms with E-state index in [1.807, 2.05) is 12.1 Å². The molecule has 1 aromatic rings. The molecule has 0 aliphatic heterocycles. The van der Waals surface area contributed by atoms with Crippen LogP contribution in [-0.2, 0) is 11.2 Å². The molecule has 0 spiro atoms. The Hall–Kier alpha value is -1.06. The minimum Gasteiger partial charge on any atom is -0.497 e. The zero-order valence-electron chi connectivity index (χ0n) is 11.9. The molecule has 0 saturated carbocycles. The molecule has 0 heterocycles. The molecule has 1 atom stereocenters. The molecular formula is C15H25NO2. The summed E-state index contributed by atoms with van der Waals surface area (Å²) in [6.07, 6.45) is 1.23. The van der Waals surface area contributed by atoms with Crippen LogP contribution in [0.2, 0.25) is 0 Å². The summed E-state index contributed by atoms with van der Waals surface area (Å²) in [4.78, 5) is 0. The highest BCUT2D eigenvalue weighted by Gasteiger charge is 2.10. The van der Waals surface area contributed by atoms with Gasteiger partial charge in [-0.3, -0.25) is 0 Å². The van der Waals surface area contributed by atoms with Crippen LogP contribution in [0.25, 0.3) is 0 Å². The van der Waals surface area contributed by atoms with Gasteiger partial charge < -0.3 is 14.8 Å². The van der Waals surface area contributed by atoms with E-state index in [4.69, 9.17) is 9.47 Å². The normalized spacial score (nSPS) is 12.7. The number of benzene rings is 1. The van der Waals surface area contributed by atoms with Crippen molar-refractivity contribution in [1.29, 1.82) is 0 Å². The third-order valence-corrected chi connectivity index (χ3v) is 2.74. The van der Waals surface area contributed by atoms with Crippen LogP contribution in [0.5, 0.6) is 5.75 Å². The fourth-order valence-corrected chi connectivity index (χ4v) is 1.87. The maximum atomic E-state index is 5.69. The molecule has 0 radical (unpaired) electrons. The van der Waals surface area contributed by atoms with Crippen molar-refractivity contribution in [3.8, 4) is 5.75 Å². The van der Waals surface area contributed by atoms with Crippen molar-refractivity contribution in [3.63, 3.8) is 0 Å². The second kappa shape index (κ2) is 8.11. The van der Waals surface area contributed by atoms with Gasteiger partial charge in [-0.1, -0.05) is 19.1 Å². The van der Waals surface area contributed by atoms with E-state index in [9.17, 15) is 0 Å². The van der Waals surface area contributed by atoms with Crippen molar-refractivity contribution in [2.75, 3.05) is 20.3 Å².